The number of benzene rings is 2. The predicted octanol–water partition coefficient (Wildman–Crippen LogP) is 5.01. The van der Waals surface area contributed by atoms with Crippen molar-refractivity contribution in [3.8, 4) is 0 Å². The molecule has 0 aliphatic carbocycles. The van der Waals surface area contributed by atoms with Gasteiger partial charge in [0, 0.05) is 18.1 Å². The highest BCUT2D eigenvalue weighted by molar-refractivity contribution is 6.35. The fourth-order valence-corrected chi connectivity index (χ4v) is 2.47. The fourth-order valence-electron chi connectivity index (χ4n) is 2.26. The van der Waals surface area contributed by atoms with Crippen LogP contribution >= 0.6 is 11.6 Å². The molecule has 2 nitrogen and oxygen atoms in total. The first-order valence-corrected chi connectivity index (χ1v) is 7.14. The maximum atomic E-state index is 6.20. The van der Waals surface area contributed by atoms with E-state index in [9.17, 15) is 0 Å². The van der Waals surface area contributed by atoms with Crippen molar-refractivity contribution in [2.45, 2.75) is 0 Å². The Labute approximate surface area is 129 Å². The molecule has 3 rings (SSSR count). The van der Waals surface area contributed by atoms with E-state index >= 15 is 0 Å². The molecule has 3 aromatic rings. The molecule has 1 N–H and O–H groups in total. The van der Waals surface area contributed by atoms with Gasteiger partial charge in [0.05, 0.1) is 16.2 Å². The van der Waals surface area contributed by atoms with Crippen LogP contribution in [-0.4, -0.2) is 11.5 Å². The normalized spacial score (nSPS) is 10.5. The molecule has 0 saturated carbocycles. The first-order valence-electron chi connectivity index (χ1n) is 6.76. The van der Waals surface area contributed by atoms with Crippen molar-refractivity contribution >= 4 is 33.8 Å². The number of nitrogens with zero attached hydrogens (tertiary/aromatic N) is 1. The number of aromatic nitrogens is 1. The van der Waals surface area contributed by atoms with Gasteiger partial charge in [0.2, 0.25) is 0 Å². The minimum atomic E-state index is 0.664. The molecule has 0 bridgehead atoms. The third-order valence-corrected chi connectivity index (χ3v) is 3.72. The average molecular weight is 295 g/mol. The zero-order valence-electron chi connectivity index (χ0n) is 11.5. The molecule has 0 unspecified atom stereocenters. The molecular weight excluding hydrogens is 280 g/mol. The molecule has 3 heteroatoms. The Morgan fingerprint density at radius 1 is 1.05 bits per heavy atom. The van der Waals surface area contributed by atoms with Gasteiger partial charge in [-0.25, -0.2) is 0 Å². The number of anilines is 1. The summed E-state index contributed by atoms with van der Waals surface area (Å²) in [5.74, 6) is 0. The summed E-state index contributed by atoms with van der Waals surface area (Å²) in [6.07, 6.45) is 1.77. The van der Waals surface area contributed by atoms with Gasteiger partial charge in [-0.1, -0.05) is 48.5 Å². The van der Waals surface area contributed by atoms with Crippen LogP contribution in [0.2, 0.25) is 5.02 Å². The van der Waals surface area contributed by atoms with E-state index in [2.05, 4.69) is 29.0 Å². The average Bonchev–Trinajstić information content (AvgIpc) is 2.55. The molecule has 0 atom stereocenters. The highest BCUT2D eigenvalue weighted by atomic mass is 35.5. The smallest absolute Gasteiger partial charge is 0.0948 e. The lowest BCUT2D eigenvalue weighted by Gasteiger charge is -2.12. The first-order chi connectivity index (χ1) is 10.3. The zero-order chi connectivity index (χ0) is 14.7. The summed E-state index contributed by atoms with van der Waals surface area (Å²) in [6.45, 7) is 4.79. The molecular formula is C18H15ClN2. The third kappa shape index (κ3) is 2.91. The van der Waals surface area contributed by atoms with Gasteiger partial charge in [-0.05, 0) is 35.4 Å². The van der Waals surface area contributed by atoms with Crippen molar-refractivity contribution in [2.24, 2.45) is 0 Å². The predicted molar refractivity (Wildman–Crippen MR) is 90.7 cm³/mol. The highest BCUT2D eigenvalue weighted by Gasteiger charge is 2.06. The summed E-state index contributed by atoms with van der Waals surface area (Å²) >= 11 is 6.20. The first kappa shape index (κ1) is 13.7. The minimum Gasteiger partial charge on any atom is -0.379 e. The van der Waals surface area contributed by atoms with Gasteiger partial charge in [-0.2, -0.15) is 0 Å². The van der Waals surface area contributed by atoms with Gasteiger partial charge in [0.25, 0.3) is 0 Å². The second kappa shape index (κ2) is 5.98. The van der Waals surface area contributed by atoms with Crippen LogP contribution in [0, 0.1) is 0 Å². The summed E-state index contributed by atoms with van der Waals surface area (Å²) < 4.78 is 0. The van der Waals surface area contributed by atoms with E-state index in [0.29, 0.717) is 11.6 Å². The van der Waals surface area contributed by atoms with Crippen molar-refractivity contribution in [3.63, 3.8) is 0 Å². The summed E-state index contributed by atoms with van der Waals surface area (Å²) in [7, 11) is 0. The van der Waals surface area contributed by atoms with Gasteiger partial charge in [0.1, 0.15) is 0 Å². The molecule has 2 aromatic carbocycles. The molecule has 1 aromatic heterocycles. The minimum absolute atomic E-state index is 0.664. The van der Waals surface area contributed by atoms with Crippen molar-refractivity contribution < 1.29 is 0 Å². The molecule has 0 aliphatic rings. The Morgan fingerprint density at radius 3 is 2.67 bits per heavy atom. The van der Waals surface area contributed by atoms with E-state index in [-0.39, 0.29) is 0 Å². The lowest BCUT2D eigenvalue weighted by molar-refractivity contribution is 1.33. The Balaban J connectivity index is 1.83. The van der Waals surface area contributed by atoms with Crippen molar-refractivity contribution in [1.82, 2.24) is 4.98 Å². The van der Waals surface area contributed by atoms with Gasteiger partial charge in [-0.3, -0.25) is 4.98 Å². The molecule has 0 radical (unpaired) electrons. The van der Waals surface area contributed by atoms with Crippen LogP contribution in [0.3, 0.4) is 0 Å². The quantitative estimate of drug-likeness (QED) is 0.731. The summed E-state index contributed by atoms with van der Waals surface area (Å²) in [6, 6.07) is 17.8. The molecule has 21 heavy (non-hydrogen) atoms. The lowest BCUT2D eigenvalue weighted by atomic mass is 10.1. The van der Waals surface area contributed by atoms with Crippen LogP contribution in [0.1, 0.15) is 5.56 Å². The van der Waals surface area contributed by atoms with E-state index in [1.54, 1.807) is 6.20 Å². The second-order valence-corrected chi connectivity index (χ2v) is 5.22. The summed E-state index contributed by atoms with van der Waals surface area (Å²) in [5.41, 5.74) is 4.02. The zero-order valence-corrected chi connectivity index (χ0v) is 12.3. The molecule has 104 valence electrons. The van der Waals surface area contributed by atoms with Gasteiger partial charge >= 0.3 is 0 Å². The largest absolute Gasteiger partial charge is 0.379 e. The monoisotopic (exact) mass is 294 g/mol. The van der Waals surface area contributed by atoms with E-state index in [1.165, 1.54) is 0 Å². The topological polar surface area (TPSA) is 24.9 Å². The maximum absolute atomic E-state index is 6.20. The molecule has 0 fully saturated rings. The molecule has 0 saturated heterocycles. The van der Waals surface area contributed by atoms with E-state index < -0.39 is 0 Å². The fraction of sp³-hybridized carbons (Fsp3) is 0.0556. The van der Waals surface area contributed by atoms with Gasteiger partial charge in [0.15, 0.2) is 0 Å². The Kier molecular flexibility index (Phi) is 3.89. The van der Waals surface area contributed by atoms with Gasteiger partial charge < -0.3 is 5.32 Å². The van der Waals surface area contributed by atoms with E-state index in [4.69, 9.17) is 11.6 Å². The van der Waals surface area contributed by atoms with E-state index in [0.717, 1.165) is 27.7 Å². The molecule has 0 aliphatic heterocycles. The van der Waals surface area contributed by atoms with Crippen LogP contribution in [0.15, 0.2) is 67.4 Å². The SMILES string of the molecule is C=C(CNc1ccc(Cl)c2cccnc12)c1ccccc1. The highest BCUT2D eigenvalue weighted by Crippen LogP contribution is 2.28. The van der Waals surface area contributed by atoms with Crippen LogP contribution < -0.4 is 5.32 Å². The van der Waals surface area contributed by atoms with Crippen molar-refractivity contribution in [2.75, 3.05) is 11.9 Å². The van der Waals surface area contributed by atoms with Crippen molar-refractivity contribution in [3.05, 3.63) is 78.0 Å². The Bertz CT molecular complexity index is 782. The number of rotatable bonds is 4. The Morgan fingerprint density at radius 2 is 1.86 bits per heavy atom. The molecule has 0 amide bonds. The Hall–Kier alpha value is -2.32. The van der Waals surface area contributed by atoms with Crippen LogP contribution in [0.5, 0.6) is 0 Å². The van der Waals surface area contributed by atoms with Crippen LogP contribution in [0.4, 0.5) is 5.69 Å². The van der Waals surface area contributed by atoms with Crippen LogP contribution in [0.25, 0.3) is 16.5 Å². The van der Waals surface area contributed by atoms with Crippen molar-refractivity contribution in [1.29, 1.82) is 0 Å². The third-order valence-electron chi connectivity index (χ3n) is 3.39. The maximum Gasteiger partial charge on any atom is 0.0948 e. The standard InChI is InChI=1S/C18H15ClN2/c1-13(14-6-3-2-4-7-14)12-21-17-10-9-16(19)15-8-5-11-20-18(15)17/h2-11,21H,1,12H2. The summed E-state index contributed by atoms with van der Waals surface area (Å²) in [4.78, 5) is 4.42. The second-order valence-electron chi connectivity index (χ2n) is 4.82. The lowest BCUT2D eigenvalue weighted by Crippen LogP contribution is -2.04. The number of pyridine rings is 1. The van der Waals surface area contributed by atoms with E-state index in [1.807, 2.05) is 42.5 Å². The molecule has 1 heterocycles. The van der Waals surface area contributed by atoms with Gasteiger partial charge in [-0.15, -0.1) is 0 Å². The number of fused-ring (bicyclic) bond motifs is 1. The van der Waals surface area contributed by atoms with Crippen LogP contribution in [-0.2, 0) is 0 Å². The summed E-state index contributed by atoms with van der Waals surface area (Å²) in [5, 5.41) is 5.06. The molecule has 0 spiro atoms. The number of nitrogens with one attached hydrogen (secondary N) is 1. The number of halogens is 1. The number of hydrogen-bond donors (Lipinski definition) is 1. The number of hydrogen-bond acceptors (Lipinski definition) is 2.